The average molecular weight is 441 g/mol. The first-order chi connectivity index (χ1) is 11.5. The van der Waals surface area contributed by atoms with E-state index in [4.69, 9.17) is 4.74 Å². The number of rotatable bonds is 6. The van der Waals surface area contributed by atoms with Crippen molar-refractivity contribution in [3.8, 4) is 0 Å². The van der Waals surface area contributed by atoms with Crippen molar-refractivity contribution in [2.24, 2.45) is 0 Å². The number of amides is 1. The van der Waals surface area contributed by atoms with Crippen LogP contribution in [0.3, 0.4) is 0 Å². The molecule has 24 heavy (non-hydrogen) atoms. The number of carbonyl (C=O) groups is 2. The predicted octanol–water partition coefficient (Wildman–Crippen LogP) is 2.87. The van der Waals surface area contributed by atoms with Gasteiger partial charge in [-0.25, -0.2) is 9.18 Å². The van der Waals surface area contributed by atoms with Crippen LogP contribution in [0.5, 0.6) is 0 Å². The van der Waals surface area contributed by atoms with Crippen molar-refractivity contribution < 1.29 is 18.7 Å². The van der Waals surface area contributed by atoms with Gasteiger partial charge in [0, 0.05) is 9.99 Å². The molecule has 4 nitrogen and oxygen atoms in total. The molecule has 0 spiro atoms. The maximum Gasteiger partial charge on any atom is 0.328 e. The van der Waals surface area contributed by atoms with Gasteiger partial charge in [-0.3, -0.25) is 4.79 Å². The largest absolute Gasteiger partial charge is 0.467 e. The normalized spacial score (nSPS) is 11.6. The van der Waals surface area contributed by atoms with E-state index in [0.29, 0.717) is 12.0 Å². The van der Waals surface area contributed by atoms with Crippen LogP contribution in [-0.4, -0.2) is 25.0 Å². The Morgan fingerprint density at radius 2 is 1.83 bits per heavy atom. The smallest absolute Gasteiger partial charge is 0.328 e. The van der Waals surface area contributed by atoms with Crippen LogP contribution < -0.4 is 5.32 Å². The first kappa shape index (κ1) is 18.4. The molecule has 0 aliphatic rings. The molecule has 0 aliphatic heterocycles. The maximum absolute atomic E-state index is 12.9. The van der Waals surface area contributed by atoms with Gasteiger partial charge in [0.2, 0.25) is 5.91 Å². The molecule has 2 rings (SSSR count). The lowest BCUT2D eigenvalue weighted by Gasteiger charge is -2.17. The van der Waals surface area contributed by atoms with E-state index in [1.165, 1.54) is 19.2 Å². The summed E-state index contributed by atoms with van der Waals surface area (Å²) in [5.74, 6) is -1.17. The number of ether oxygens (including phenoxy) is 1. The summed E-state index contributed by atoms with van der Waals surface area (Å²) in [7, 11) is 1.29. The number of benzene rings is 2. The predicted molar refractivity (Wildman–Crippen MR) is 96.9 cm³/mol. The third-order valence-corrected chi connectivity index (χ3v) is 4.53. The fourth-order valence-electron chi connectivity index (χ4n) is 2.25. The second-order valence-electron chi connectivity index (χ2n) is 5.24. The molecule has 0 aliphatic carbocycles. The summed E-state index contributed by atoms with van der Waals surface area (Å²) in [5, 5.41) is 2.70. The molecule has 2 aromatic carbocycles. The Labute approximate surface area is 153 Å². The molecule has 0 radical (unpaired) electrons. The Hall–Kier alpha value is -1.96. The summed E-state index contributed by atoms with van der Waals surface area (Å²) < 4.78 is 18.7. The van der Waals surface area contributed by atoms with E-state index in [2.05, 4.69) is 27.9 Å². The zero-order valence-corrected chi connectivity index (χ0v) is 15.2. The molecule has 1 N–H and O–H groups in total. The topological polar surface area (TPSA) is 55.4 Å². The highest BCUT2D eigenvalue weighted by Gasteiger charge is 2.22. The Morgan fingerprint density at radius 3 is 2.46 bits per heavy atom. The van der Waals surface area contributed by atoms with Gasteiger partial charge >= 0.3 is 5.97 Å². The molecular formula is C18H17FINO3. The van der Waals surface area contributed by atoms with Crippen LogP contribution in [0.2, 0.25) is 0 Å². The van der Waals surface area contributed by atoms with E-state index in [1.54, 1.807) is 12.1 Å². The van der Waals surface area contributed by atoms with E-state index >= 15 is 0 Å². The van der Waals surface area contributed by atoms with Crippen LogP contribution in [0.1, 0.15) is 11.1 Å². The van der Waals surface area contributed by atoms with Gasteiger partial charge in [0.25, 0.3) is 0 Å². The van der Waals surface area contributed by atoms with Crippen molar-refractivity contribution in [1.82, 2.24) is 5.32 Å². The summed E-state index contributed by atoms with van der Waals surface area (Å²) in [6.07, 6.45) is 0.417. The number of esters is 1. The quantitative estimate of drug-likeness (QED) is 0.554. The number of methoxy groups -OCH3 is 1. The lowest BCUT2D eigenvalue weighted by atomic mass is 10.1. The van der Waals surface area contributed by atoms with Crippen LogP contribution in [0.15, 0.2) is 48.5 Å². The molecule has 0 saturated heterocycles. The summed E-state index contributed by atoms with van der Waals surface area (Å²) in [4.78, 5) is 24.2. The number of hydrogen-bond acceptors (Lipinski definition) is 3. The minimum atomic E-state index is -0.765. The van der Waals surface area contributed by atoms with Crippen LogP contribution in [0.4, 0.5) is 4.39 Å². The molecule has 126 valence electrons. The molecule has 0 saturated carbocycles. The van der Waals surface area contributed by atoms with E-state index in [0.717, 1.165) is 9.13 Å². The zero-order chi connectivity index (χ0) is 17.5. The van der Waals surface area contributed by atoms with Gasteiger partial charge in [0.15, 0.2) is 0 Å². The molecule has 0 aromatic heterocycles. The number of carbonyl (C=O) groups excluding carboxylic acids is 2. The van der Waals surface area contributed by atoms with E-state index in [9.17, 15) is 14.0 Å². The van der Waals surface area contributed by atoms with Gasteiger partial charge in [-0.2, -0.15) is 0 Å². The van der Waals surface area contributed by atoms with Crippen molar-refractivity contribution in [2.75, 3.05) is 7.11 Å². The Bertz CT molecular complexity index is 718. The zero-order valence-electron chi connectivity index (χ0n) is 13.1. The summed E-state index contributed by atoms with van der Waals surface area (Å²) >= 11 is 2.18. The highest BCUT2D eigenvalue weighted by atomic mass is 127. The number of halogens is 2. The second kappa shape index (κ2) is 8.77. The van der Waals surface area contributed by atoms with Gasteiger partial charge < -0.3 is 10.1 Å². The molecule has 6 heteroatoms. The van der Waals surface area contributed by atoms with Crippen LogP contribution in [0, 0.1) is 9.39 Å². The van der Waals surface area contributed by atoms with E-state index < -0.39 is 12.0 Å². The Balaban J connectivity index is 2.05. The fraction of sp³-hybridized carbons (Fsp3) is 0.222. The average Bonchev–Trinajstić information content (AvgIpc) is 2.57. The van der Waals surface area contributed by atoms with Gasteiger partial charge in [-0.15, -0.1) is 0 Å². The third-order valence-electron chi connectivity index (χ3n) is 3.48. The minimum Gasteiger partial charge on any atom is -0.467 e. The molecule has 0 heterocycles. The van der Waals surface area contributed by atoms with Gasteiger partial charge in [-0.05, 0) is 51.9 Å². The lowest BCUT2D eigenvalue weighted by molar-refractivity contribution is -0.145. The van der Waals surface area contributed by atoms with E-state index in [1.807, 2.05) is 24.3 Å². The van der Waals surface area contributed by atoms with Crippen molar-refractivity contribution in [3.05, 3.63) is 69.0 Å². The highest BCUT2D eigenvalue weighted by molar-refractivity contribution is 14.1. The summed E-state index contributed by atoms with van der Waals surface area (Å²) in [6, 6.07) is 12.6. The minimum absolute atomic E-state index is 0.0691. The first-order valence-electron chi connectivity index (χ1n) is 7.34. The molecular weight excluding hydrogens is 424 g/mol. The summed E-state index contributed by atoms with van der Waals surface area (Å²) in [5.41, 5.74) is 1.63. The molecule has 1 amide bonds. The molecule has 0 unspecified atom stereocenters. The van der Waals surface area contributed by atoms with E-state index in [-0.39, 0.29) is 18.1 Å². The highest BCUT2D eigenvalue weighted by Crippen LogP contribution is 2.14. The van der Waals surface area contributed by atoms with Gasteiger partial charge in [-0.1, -0.05) is 30.3 Å². The standard InChI is InChI=1S/C18H17FINO3/c1-24-18(23)16(11-13-4-2-3-5-15(13)20)21-17(22)10-12-6-8-14(19)9-7-12/h2-9,16H,10-11H2,1H3,(H,21,22)/t16-/m1/s1. The molecule has 0 bridgehead atoms. The van der Waals surface area contributed by atoms with Crippen molar-refractivity contribution >= 4 is 34.5 Å². The number of nitrogens with one attached hydrogen (secondary N) is 1. The first-order valence-corrected chi connectivity index (χ1v) is 8.42. The lowest BCUT2D eigenvalue weighted by Crippen LogP contribution is -2.43. The Morgan fingerprint density at radius 1 is 1.17 bits per heavy atom. The van der Waals surface area contributed by atoms with Crippen LogP contribution >= 0.6 is 22.6 Å². The monoisotopic (exact) mass is 441 g/mol. The van der Waals surface area contributed by atoms with Crippen molar-refractivity contribution in [2.45, 2.75) is 18.9 Å². The second-order valence-corrected chi connectivity index (χ2v) is 6.40. The third kappa shape index (κ3) is 5.30. The Kier molecular flexibility index (Phi) is 6.72. The molecule has 0 fully saturated rings. The number of hydrogen-bond donors (Lipinski definition) is 1. The maximum atomic E-state index is 12.9. The molecule has 2 aromatic rings. The molecule has 1 atom stereocenters. The fourth-order valence-corrected chi connectivity index (χ4v) is 2.86. The van der Waals surface area contributed by atoms with Crippen molar-refractivity contribution in [1.29, 1.82) is 0 Å². The van der Waals surface area contributed by atoms with Crippen molar-refractivity contribution in [3.63, 3.8) is 0 Å². The van der Waals surface area contributed by atoms with Gasteiger partial charge in [0.1, 0.15) is 11.9 Å². The van der Waals surface area contributed by atoms with Crippen LogP contribution in [-0.2, 0) is 27.2 Å². The van der Waals surface area contributed by atoms with Gasteiger partial charge in [0.05, 0.1) is 13.5 Å². The summed E-state index contributed by atoms with van der Waals surface area (Å²) in [6.45, 7) is 0. The SMILES string of the molecule is COC(=O)[C@@H](Cc1ccccc1I)NC(=O)Cc1ccc(F)cc1. The van der Waals surface area contributed by atoms with Crippen LogP contribution in [0.25, 0.3) is 0 Å².